The fourth-order valence-electron chi connectivity index (χ4n) is 2.87. The number of amides is 1. The van der Waals surface area contributed by atoms with E-state index >= 15 is 0 Å². The maximum absolute atomic E-state index is 12.0. The van der Waals surface area contributed by atoms with Crippen LogP contribution in [0, 0.1) is 13.8 Å². The lowest BCUT2D eigenvalue weighted by Crippen LogP contribution is -2.24. The first-order valence-electron chi connectivity index (χ1n) is 10.0. The van der Waals surface area contributed by atoms with Crippen LogP contribution in [-0.2, 0) is 11.4 Å². The number of rotatable bonds is 9. The number of benzene rings is 3. The minimum atomic E-state index is -0.353. The van der Waals surface area contributed by atoms with Gasteiger partial charge in [-0.25, -0.2) is 5.43 Å². The van der Waals surface area contributed by atoms with Crippen LogP contribution in [0.5, 0.6) is 17.2 Å². The Morgan fingerprint density at radius 1 is 1.00 bits per heavy atom. The Hall–Kier alpha value is -3.51. The molecule has 1 N–H and O–H groups in total. The first-order valence-corrected chi connectivity index (χ1v) is 10.4. The standard InChI is InChI=1S/C25H25ClN2O4/c1-17-8-9-18(2)23(12-17)32-16-25(29)28-27-14-19-10-11-22(24(13-19)30-3)31-15-20-6-4-5-7-21(20)26/h4-14H,15-16H2,1-3H3,(H,28,29)/b27-14+. The summed E-state index contributed by atoms with van der Waals surface area (Å²) in [5.41, 5.74) is 6.12. The molecule has 6 nitrogen and oxygen atoms in total. The van der Waals surface area contributed by atoms with Crippen LogP contribution in [0.15, 0.2) is 65.8 Å². The number of carbonyl (C=O) groups is 1. The van der Waals surface area contributed by atoms with Gasteiger partial charge in [-0.3, -0.25) is 4.79 Å². The summed E-state index contributed by atoms with van der Waals surface area (Å²) in [7, 11) is 1.56. The van der Waals surface area contributed by atoms with Crippen LogP contribution in [0.3, 0.4) is 0 Å². The van der Waals surface area contributed by atoms with E-state index in [1.807, 2.05) is 62.4 Å². The molecule has 0 bridgehead atoms. The highest BCUT2D eigenvalue weighted by Gasteiger charge is 2.08. The Morgan fingerprint density at radius 2 is 1.81 bits per heavy atom. The summed E-state index contributed by atoms with van der Waals surface area (Å²) in [5, 5.41) is 4.63. The third-order valence-corrected chi connectivity index (χ3v) is 5.00. The second-order valence-corrected chi connectivity index (χ2v) is 7.55. The zero-order chi connectivity index (χ0) is 22.9. The van der Waals surface area contributed by atoms with Crippen LogP contribution < -0.4 is 19.6 Å². The molecule has 0 spiro atoms. The molecule has 0 atom stereocenters. The number of hydrogen-bond donors (Lipinski definition) is 1. The predicted octanol–water partition coefficient (Wildman–Crippen LogP) is 5.07. The van der Waals surface area contributed by atoms with Crippen LogP contribution in [0.2, 0.25) is 5.02 Å². The highest BCUT2D eigenvalue weighted by Crippen LogP contribution is 2.29. The van der Waals surface area contributed by atoms with Gasteiger partial charge in [-0.05, 0) is 60.9 Å². The molecule has 0 radical (unpaired) electrons. The van der Waals surface area contributed by atoms with Crippen LogP contribution in [0.1, 0.15) is 22.3 Å². The largest absolute Gasteiger partial charge is 0.493 e. The molecule has 1 amide bonds. The number of aryl methyl sites for hydroxylation is 2. The van der Waals surface area contributed by atoms with Gasteiger partial charge in [-0.2, -0.15) is 5.10 Å². The van der Waals surface area contributed by atoms with E-state index in [2.05, 4.69) is 10.5 Å². The van der Waals surface area contributed by atoms with E-state index in [1.165, 1.54) is 6.21 Å². The number of hydrazone groups is 1. The van der Waals surface area contributed by atoms with Crippen molar-refractivity contribution in [3.05, 3.63) is 87.9 Å². The molecule has 3 aromatic carbocycles. The summed E-state index contributed by atoms with van der Waals surface area (Å²) in [5.74, 6) is 1.45. The zero-order valence-electron chi connectivity index (χ0n) is 18.2. The van der Waals surface area contributed by atoms with Crippen LogP contribution >= 0.6 is 11.6 Å². The molecule has 3 aromatic rings. The number of methoxy groups -OCH3 is 1. The molecule has 0 heterocycles. The first-order chi connectivity index (χ1) is 15.5. The van der Waals surface area contributed by atoms with Gasteiger partial charge in [0.05, 0.1) is 13.3 Å². The number of ether oxygens (including phenoxy) is 3. The Kier molecular flexibility index (Phi) is 8.11. The van der Waals surface area contributed by atoms with Gasteiger partial charge in [0.1, 0.15) is 12.4 Å². The molecule has 0 aliphatic rings. The molecule has 0 aliphatic carbocycles. The van der Waals surface area contributed by atoms with Gasteiger partial charge >= 0.3 is 0 Å². The Balaban J connectivity index is 1.54. The monoisotopic (exact) mass is 452 g/mol. The van der Waals surface area contributed by atoms with Crippen LogP contribution in [-0.4, -0.2) is 25.8 Å². The van der Waals surface area contributed by atoms with Gasteiger partial charge in [0.15, 0.2) is 18.1 Å². The first kappa shape index (κ1) is 23.2. The van der Waals surface area contributed by atoms with Crippen molar-refractivity contribution in [1.29, 1.82) is 0 Å². The molecule has 0 unspecified atom stereocenters. The van der Waals surface area contributed by atoms with Gasteiger partial charge in [-0.1, -0.05) is 41.9 Å². The van der Waals surface area contributed by atoms with E-state index < -0.39 is 0 Å². The molecule has 3 rings (SSSR count). The number of hydrogen-bond acceptors (Lipinski definition) is 5. The highest BCUT2D eigenvalue weighted by atomic mass is 35.5. The minimum Gasteiger partial charge on any atom is -0.493 e. The summed E-state index contributed by atoms with van der Waals surface area (Å²) in [6.45, 7) is 4.10. The third kappa shape index (κ3) is 6.49. The Bertz CT molecular complexity index is 1110. The van der Waals surface area contributed by atoms with Gasteiger partial charge in [0.25, 0.3) is 5.91 Å². The Morgan fingerprint density at radius 3 is 2.59 bits per heavy atom. The lowest BCUT2D eigenvalue weighted by atomic mass is 10.1. The summed E-state index contributed by atoms with van der Waals surface area (Å²) in [6.07, 6.45) is 1.52. The van der Waals surface area contributed by atoms with E-state index in [4.69, 9.17) is 25.8 Å². The highest BCUT2D eigenvalue weighted by molar-refractivity contribution is 6.31. The molecular weight excluding hydrogens is 428 g/mol. The van der Waals surface area contributed by atoms with E-state index in [-0.39, 0.29) is 12.5 Å². The second-order valence-electron chi connectivity index (χ2n) is 7.14. The molecule has 0 saturated carbocycles. The molecule has 0 aliphatic heterocycles. The van der Waals surface area contributed by atoms with E-state index in [0.29, 0.717) is 28.9 Å². The maximum Gasteiger partial charge on any atom is 0.277 e. The minimum absolute atomic E-state index is 0.125. The number of carbonyl (C=O) groups excluding carboxylic acids is 1. The lowest BCUT2D eigenvalue weighted by Gasteiger charge is -2.12. The number of nitrogens with one attached hydrogen (secondary N) is 1. The van der Waals surface area contributed by atoms with Gasteiger partial charge in [-0.15, -0.1) is 0 Å². The molecular formula is C25H25ClN2O4. The molecule has 166 valence electrons. The van der Waals surface area contributed by atoms with E-state index in [1.54, 1.807) is 19.2 Å². The van der Waals surface area contributed by atoms with E-state index in [0.717, 1.165) is 22.3 Å². The molecule has 7 heteroatoms. The average molecular weight is 453 g/mol. The van der Waals surface area contributed by atoms with Crippen LogP contribution in [0.4, 0.5) is 0 Å². The van der Waals surface area contributed by atoms with Crippen molar-refractivity contribution < 1.29 is 19.0 Å². The van der Waals surface area contributed by atoms with Crippen molar-refractivity contribution in [2.45, 2.75) is 20.5 Å². The fraction of sp³-hybridized carbons (Fsp3) is 0.200. The van der Waals surface area contributed by atoms with Crippen molar-refractivity contribution in [3.8, 4) is 17.2 Å². The van der Waals surface area contributed by atoms with Crippen molar-refractivity contribution >= 4 is 23.7 Å². The van der Waals surface area contributed by atoms with Crippen molar-refractivity contribution in [1.82, 2.24) is 5.43 Å². The Labute approximate surface area is 192 Å². The molecule has 32 heavy (non-hydrogen) atoms. The average Bonchev–Trinajstić information content (AvgIpc) is 2.79. The summed E-state index contributed by atoms with van der Waals surface area (Å²) in [6, 6.07) is 18.7. The van der Waals surface area contributed by atoms with Crippen molar-refractivity contribution in [2.24, 2.45) is 5.10 Å². The summed E-state index contributed by atoms with van der Waals surface area (Å²) >= 11 is 6.17. The maximum atomic E-state index is 12.0. The lowest BCUT2D eigenvalue weighted by molar-refractivity contribution is -0.123. The summed E-state index contributed by atoms with van der Waals surface area (Å²) in [4.78, 5) is 12.0. The zero-order valence-corrected chi connectivity index (χ0v) is 19.0. The van der Waals surface area contributed by atoms with Crippen molar-refractivity contribution in [3.63, 3.8) is 0 Å². The molecule has 0 fully saturated rings. The second kappa shape index (κ2) is 11.2. The van der Waals surface area contributed by atoms with Gasteiger partial charge < -0.3 is 14.2 Å². The van der Waals surface area contributed by atoms with E-state index in [9.17, 15) is 4.79 Å². The van der Waals surface area contributed by atoms with Gasteiger partial charge in [0, 0.05) is 10.6 Å². The third-order valence-electron chi connectivity index (χ3n) is 4.63. The smallest absolute Gasteiger partial charge is 0.277 e. The molecule has 0 aromatic heterocycles. The van der Waals surface area contributed by atoms with Crippen LogP contribution in [0.25, 0.3) is 0 Å². The number of nitrogens with zero attached hydrogens (tertiary/aromatic N) is 1. The van der Waals surface area contributed by atoms with Crippen molar-refractivity contribution in [2.75, 3.05) is 13.7 Å². The quantitative estimate of drug-likeness (QED) is 0.363. The topological polar surface area (TPSA) is 69.2 Å². The SMILES string of the molecule is COc1cc(/C=N/NC(=O)COc2cc(C)ccc2C)ccc1OCc1ccccc1Cl. The predicted molar refractivity (Wildman–Crippen MR) is 126 cm³/mol. The summed E-state index contributed by atoms with van der Waals surface area (Å²) < 4.78 is 16.8. The van der Waals surface area contributed by atoms with Gasteiger partial charge in [0.2, 0.25) is 0 Å². The normalized spacial score (nSPS) is 10.8. The molecule has 0 saturated heterocycles. The fourth-order valence-corrected chi connectivity index (χ4v) is 3.06. The number of halogens is 1.